The summed E-state index contributed by atoms with van der Waals surface area (Å²) in [5.41, 5.74) is 0.905. The summed E-state index contributed by atoms with van der Waals surface area (Å²) in [5.74, 6) is -0.190. The molecular weight excluding hydrogens is 230 g/mol. The Labute approximate surface area is 107 Å². The van der Waals surface area contributed by atoms with Crippen LogP contribution < -0.4 is 0 Å². The highest BCUT2D eigenvalue weighted by atomic mass is 16.5. The van der Waals surface area contributed by atoms with Crippen molar-refractivity contribution in [1.82, 2.24) is 0 Å². The van der Waals surface area contributed by atoms with Crippen molar-refractivity contribution in [1.29, 1.82) is 0 Å². The van der Waals surface area contributed by atoms with Gasteiger partial charge in [0.15, 0.2) is 12.8 Å². The molecule has 0 aromatic heterocycles. The fourth-order valence-electron chi connectivity index (χ4n) is 1.59. The van der Waals surface area contributed by atoms with Crippen molar-refractivity contribution in [2.75, 3.05) is 13.7 Å². The first-order valence-corrected chi connectivity index (χ1v) is 6.13. The van der Waals surface area contributed by atoms with Gasteiger partial charge in [0.1, 0.15) is 0 Å². The fourth-order valence-corrected chi connectivity index (χ4v) is 1.59. The SMILES string of the molecule is COC(=O)CCCCC/[N+]([O-])=C/c1ccccc1. The van der Waals surface area contributed by atoms with E-state index >= 15 is 0 Å². The number of methoxy groups -OCH3 is 1. The van der Waals surface area contributed by atoms with Crippen molar-refractivity contribution in [3.05, 3.63) is 41.1 Å². The van der Waals surface area contributed by atoms with E-state index in [9.17, 15) is 10.0 Å². The quantitative estimate of drug-likeness (QED) is 0.186. The lowest BCUT2D eigenvalue weighted by atomic mass is 10.2. The van der Waals surface area contributed by atoms with E-state index < -0.39 is 0 Å². The number of hydrogen-bond acceptors (Lipinski definition) is 3. The summed E-state index contributed by atoms with van der Waals surface area (Å²) in [7, 11) is 1.39. The second-order valence-electron chi connectivity index (χ2n) is 4.07. The summed E-state index contributed by atoms with van der Waals surface area (Å²) < 4.78 is 5.48. The predicted octanol–water partition coefficient (Wildman–Crippen LogP) is 2.35. The standard InChI is InChI=1S/C14H19NO3/c1-18-14(16)10-6-3-7-11-15(17)12-13-8-4-2-5-9-13/h2,4-5,8-9,12H,3,6-7,10-11H2,1H3/b15-12-. The van der Waals surface area contributed by atoms with E-state index in [-0.39, 0.29) is 5.97 Å². The number of nitrogens with zero attached hydrogens (tertiary/aromatic N) is 1. The van der Waals surface area contributed by atoms with Crippen LogP contribution in [0.2, 0.25) is 0 Å². The number of carbonyl (C=O) groups excluding carboxylic acids is 1. The van der Waals surface area contributed by atoms with Crippen LogP contribution >= 0.6 is 0 Å². The van der Waals surface area contributed by atoms with Gasteiger partial charge in [-0.15, -0.1) is 0 Å². The highest BCUT2D eigenvalue weighted by Crippen LogP contribution is 2.01. The molecule has 4 heteroatoms. The van der Waals surface area contributed by atoms with Crippen LogP contribution in [-0.4, -0.2) is 30.6 Å². The minimum atomic E-state index is -0.190. The minimum Gasteiger partial charge on any atom is -0.624 e. The normalized spacial score (nSPS) is 11.3. The zero-order valence-corrected chi connectivity index (χ0v) is 10.7. The van der Waals surface area contributed by atoms with Crippen LogP contribution in [0.1, 0.15) is 31.2 Å². The van der Waals surface area contributed by atoms with Crippen molar-refractivity contribution in [2.45, 2.75) is 25.7 Å². The molecule has 4 nitrogen and oxygen atoms in total. The largest absolute Gasteiger partial charge is 0.624 e. The highest BCUT2D eigenvalue weighted by molar-refractivity contribution is 5.75. The lowest BCUT2D eigenvalue weighted by molar-refractivity contribution is -0.453. The average molecular weight is 249 g/mol. The summed E-state index contributed by atoms with van der Waals surface area (Å²) in [6, 6.07) is 9.50. The van der Waals surface area contributed by atoms with Crippen LogP contribution in [-0.2, 0) is 9.53 Å². The third kappa shape index (κ3) is 6.03. The molecule has 0 fully saturated rings. The third-order valence-electron chi connectivity index (χ3n) is 2.58. The average Bonchev–Trinajstić information content (AvgIpc) is 2.39. The summed E-state index contributed by atoms with van der Waals surface area (Å²) in [4.78, 5) is 10.8. The van der Waals surface area contributed by atoms with Crippen molar-refractivity contribution in [3.8, 4) is 0 Å². The van der Waals surface area contributed by atoms with Crippen molar-refractivity contribution >= 4 is 12.2 Å². The summed E-state index contributed by atoms with van der Waals surface area (Å²) >= 11 is 0. The Morgan fingerprint density at radius 1 is 1.28 bits per heavy atom. The maximum atomic E-state index is 11.5. The van der Waals surface area contributed by atoms with Crippen molar-refractivity contribution in [2.24, 2.45) is 0 Å². The van der Waals surface area contributed by atoms with Crippen molar-refractivity contribution < 1.29 is 14.3 Å². The minimum absolute atomic E-state index is 0.190. The molecule has 0 aliphatic rings. The van der Waals surface area contributed by atoms with E-state index in [0.717, 1.165) is 29.6 Å². The lowest BCUT2D eigenvalue weighted by Crippen LogP contribution is -2.08. The molecule has 0 aliphatic carbocycles. The first kappa shape index (κ1) is 14.2. The van der Waals surface area contributed by atoms with E-state index in [2.05, 4.69) is 4.74 Å². The number of esters is 1. The molecule has 0 unspecified atom stereocenters. The van der Waals surface area contributed by atoms with Crippen LogP contribution in [0.15, 0.2) is 30.3 Å². The molecule has 0 atom stereocenters. The Kier molecular flexibility index (Phi) is 6.54. The molecule has 0 N–H and O–H groups in total. The zero-order chi connectivity index (χ0) is 13.2. The molecule has 18 heavy (non-hydrogen) atoms. The van der Waals surface area contributed by atoms with E-state index in [1.807, 2.05) is 30.3 Å². The van der Waals surface area contributed by atoms with E-state index in [4.69, 9.17) is 0 Å². The number of carbonyl (C=O) groups is 1. The molecule has 0 heterocycles. The Balaban J connectivity index is 2.19. The Bertz CT molecular complexity index is 387. The molecule has 0 bridgehead atoms. The first-order chi connectivity index (χ1) is 8.72. The van der Waals surface area contributed by atoms with Gasteiger partial charge < -0.3 is 9.94 Å². The van der Waals surface area contributed by atoms with Gasteiger partial charge in [0.2, 0.25) is 0 Å². The molecule has 1 aromatic rings. The van der Waals surface area contributed by atoms with Gasteiger partial charge in [-0.1, -0.05) is 18.2 Å². The molecule has 0 radical (unpaired) electrons. The highest BCUT2D eigenvalue weighted by Gasteiger charge is 2.00. The van der Waals surface area contributed by atoms with Crippen LogP contribution in [0.5, 0.6) is 0 Å². The molecule has 0 saturated carbocycles. The monoisotopic (exact) mass is 249 g/mol. The van der Waals surface area contributed by atoms with Crippen LogP contribution in [0.4, 0.5) is 0 Å². The van der Waals surface area contributed by atoms with Gasteiger partial charge in [0, 0.05) is 18.4 Å². The topological polar surface area (TPSA) is 52.4 Å². The smallest absolute Gasteiger partial charge is 0.305 e. The molecule has 0 spiro atoms. The molecule has 0 amide bonds. The lowest BCUT2D eigenvalue weighted by Gasteiger charge is -2.04. The second kappa shape index (κ2) is 8.28. The fraction of sp³-hybridized carbons (Fsp3) is 0.429. The van der Waals surface area contributed by atoms with E-state index in [1.165, 1.54) is 7.11 Å². The van der Waals surface area contributed by atoms with Gasteiger partial charge in [-0.05, 0) is 25.0 Å². The van der Waals surface area contributed by atoms with Gasteiger partial charge in [-0.3, -0.25) is 4.79 Å². The Hall–Kier alpha value is -1.84. The number of unbranched alkanes of at least 4 members (excludes halogenated alkanes) is 2. The summed E-state index contributed by atoms with van der Waals surface area (Å²) in [5, 5.41) is 11.5. The van der Waals surface area contributed by atoms with E-state index in [1.54, 1.807) is 6.21 Å². The maximum absolute atomic E-state index is 11.5. The number of rotatable bonds is 7. The predicted molar refractivity (Wildman–Crippen MR) is 70.6 cm³/mol. The van der Waals surface area contributed by atoms with Crippen LogP contribution in [0.25, 0.3) is 0 Å². The third-order valence-corrected chi connectivity index (χ3v) is 2.58. The molecule has 1 rings (SSSR count). The van der Waals surface area contributed by atoms with Crippen molar-refractivity contribution in [3.63, 3.8) is 0 Å². The van der Waals surface area contributed by atoms with Gasteiger partial charge >= 0.3 is 5.97 Å². The first-order valence-electron chi connectivity index (χ1n) is 6.13. The molecule has 0 saturated heterocycles. The molecule has 98 valence electrons. The number of hydrogen-bond donors (Lipinski definition) is 0. The van der Waals surface area contributed by atoms with Gasteiger partial charge in [0.25, 0.3) is 0 Å². The zero-order valence-electron chi connectivity index (χ0n) is 10.7. The number of hydroxylamine groups is 1. The number of ether oxygens (including phenoxy) is 1. The molecule has 0 aliphatic heterocycles. The molecular formula is C14H19NO3. The van der Waals surface area contributed by atoms with Gasteiger partial charge in [-0.25, -0.2) is 4.74 Å². The van der Waals surface area contributed by atoms with Crippen LogP contribution in [0, 0.1) is 5.21 Å². The van der Waals surface area contributed by atoms with Gasteiger partial charge in [-0.2, -0.15) is 0 Å². The second-order valence-corrected chi connectivity index (χ2v) is 4.07. The summed E-state index contributed by atoms with van der Waals surface area (Å²) in [6.45, 7) is 0.454. The van der Waals surface area contributed by atoms with Crippen LogP contribution in [0.3, 0.4) is 0 Å². The molecule has 1 aromatic carbocycles. The Morgan fingerprint density at radius 3 is 2.67 bits per heavy atom. The maximum Gasteiger partial charge on any atom is 0.305 e. The summed E-state index contributed by atoms with van der Waals surface area (Å²) in [6.07, 6.45) is 4.42. The Morgan fingerprint density at radius 2 is 2.00 bits per heavy atom. The van der Waals surface area contributed by atoms with E-state index in [0.29, 0.717) is 13.0 Å². The van der Waals surface area contributed by atoms with Gasteiger partial charge in [0.05, 0.1) is 7.11 Å². The number of benzene rings is 1.